The normalized spacial score (nSPS) is 12.8. The third-order valence-electron chi connectivity index (χ3n) is 4.57. The lowest BCUT2D eigenvalue weighted by Crippen LogP contribution is -2.45. The van der Waals surface area contributed by atoms with Crippen LogP contribution in [-0.2, 0) is 25.8 Å². The lowest BCUT2D eigenvalue weighted by molar-refractivity contribution is -0.138. The highest BCUT2D eigenvalue weighted by molar-refractivity contribution is 7.93. The molecule has 0 bridgehead atoms. The standard InChI is InChI=1S/C23H23F3N2O4S/c1-3-9-20(21(29)27-33(31,32)15-14-17-10-6-5-7-11-17)22(30)28(4-2)19-13-8-12-18(16-19)23(24,25)26/h3,5-8,10-16,20H,1,4,9H2,2H3,(H,27,29). The molecule has 0 heterocycles. The summed E-state index contributed by atoms with van der Waals surface area (Å²) in [7, 11) is -4.23. The Morgan fingerprint density at radius 2 is 1.79 bits per heavy atom. The number of allylic oxidation sites excluding steroid dienone is 1. The maximum Gasteiger partial charge on any atom is 0.416 e. The molecule has 0 fully saturated rings. The van der Waals surface area contributed by atoms with Crippen LogP contribution < -0.4 is 9.62 Å². The fraction of sp³-hybridized carbons (Fsp3) is 0.217. The summed E-state index contributed by atoms with van der Waals surface area (Å²) in [5.41, 5.74) is -0.439. The number of sulfonamides is 1. The molecule has 0 saturated carbocycles. The molecule has 6 nitrogen and oxygen atoms in total. The fourth-order valence-corrected chi connectivity index (χ4v) is 3.80. The van der Waals surface area contributed by atoms with Crippen molar-refractivity contribution in [2.45, 2.75) is 19.5 Å². The highest BCUT2D eigenvalue weighted by atomic mass is 32.2. The first-order chi connectivity index (χ1) is 15.5. The van der Waals surface area contributed by atoms with E-state index < -0.39 is 39.5 Å². The number of halogens is 3. The van der Waals surface area contributed by atoms with E-state index in [9.17, 15) is 31.2 Å². The molecule has 0 aliphatic rings. The van der Waals surface area contributed by atoms with Gasteiger partial charge in [0.2, 0.25) is 11.8 Å². The predicted octanol–water partition coefficient (Wildman–Crippen LogP) is 4.37. The lowest BCUT2D eigenvalue weighted by atomic mass is 10.0. The van der Waals surface area contributed by atoms with Gasteiger partial charge in [-0.15, -0.1) is 6.58 Å². The minimum Gasteiger partial charge on any atom is -0.312 e. The number of hydrogen-bond acceptors (Lipinski definition) is 4. The van der Waals surface area contributed by atoms with Gasteiger partial charge in [-0.25, -0.2) is 13.1 Å². The molecule has 2 rings (SSSR count). The summed E-state index contributed by atoms with van der Waals surface area (Å²) in [5, 5.41) is 0.792. The number of benzene rings is 2. The summed E-state index contributed by atoms with van der Waals surface area (Å²) < 4.78 is 65.7. The predicted molar refractivity (Wildman–Crippen MR) is 120 cm³/mol. The number of carbonyl (C=O) groups is 2. The summed E-state index contributed by atoms with van der Waals surface area (Å²) in [6.45, 7) is 4.97. The van der Waals surface area contributed by atoms with Crippen LogP contribution in [-0.4, -0.2) is 26.8 Å². The van der Waals surface area contributed by atoms with E-state index in [0.717, 1.165) is 28.5 Å². The van der Waals surface area contributed by atoms with Gasteiger partial charge in [0.15, 0.2) is 0 Å². The van der Waals surface area contributed by atoms with Crippen LogP contribution in [0.1, 0.15) is 24.5 Å². The maximum atomic E-state index is 13.1. The zero-order valence-corrected chi connectivity index (χ0v) is 18.6. The van der Waals surface area contributed by atoms with E-state index in [-0.39, 0.29) is 18.7 Å². The number of amides is 2. The Morgan fingerprint density at radius 1 is 1.12 bits per heavy atom. The summed E-state index contributed by atoms with van der Waals surface area (Å²) >= 11 is 0. The summed E-state index contributed by atoms with van der Waals surface area (Å²) in [6.07, 6.45) is -2.29. The van der Waals surface area contributed by atoms with Crippen molar-refractivity contribution < 1.29 is 31.2 Å². The smallest absolute Gasteiger partial charge is 0.312 e. The molecule has 0 aliphatic heterocycles. The van der Waals surface area contributed by atoms with E-state index >= 15 is 0 Å². The van der Waals surface area contributed by atoms with Crippen LogP contribution >= 0.6 is 0 Å². The zero-order valence-electron chi connectivity index (χ0n) is 17.7. The first-order valence-corrected chi connectivity index (χ1v) is 11.4. The molecule has 1 unspecified atom stereocenters. The molecule has 0 saturated heterocycles. The molecular weight excluding hydrogens is 457 g/mol. The van der Waals surface area contributed by atoms with Crippen LogP contribution in [0.4, 0.5) is 18.9 Å². The average molecular weight is 481 g/mol. The molecular formula is C23H23F3N2O4S. The largest absolute Gasteiger partial charge is 0.416 e. The minimum absolute atomic E-state index is 0.0400. The first kappa shape index (κ1) is 25.9. The molecule has 0 aromatic heterocycles. The van der Waals surface area contributed by atoms with Gasteiger partial charge in [-0.2, -0.15) is 13.2 Å². The van der Waals surface area contributed by atoms with E-state index in [1.165, 1.54) is 25.1 Å². The summed E-state index contributed by atoms with van der Waals surface area (Å²) in [5.74, 6) is -3.46. The number of alkyl halides is 3. The van der Waals surface area contributed by atoms with Crippen molar-refractivity contribution in [2.24, 2.45) is 5.92 Å². The number of hydrogen-bond donors (Lipinski definition) is 1. The molecule has 33 heavy (non-hydrogen) atoms. The number of nitrogens with zero attached hydrogens (tertiary/aromatic N) is 1. The summed E-state index contributed by atoms with van der Waals surface area (Å²) in [4.78, 5) is 26.7. The van der Waals surface area contributed by atoms with Gasteiger partial charge in [-0.3, -0.25) is 9.59 Å². The van der Waals surface area contributed by atoms with Crippen LogP contribution in [0.15, 0.2) is 72.7 Å². The third-order valence-corrected chi connectivity index (χ3v) is 5.55. The van der Waals surface area contributed by atoms with E-state index in [1.54, 1.807) is 30.3 Å². The van der Waals surface area contributed by atoms with Crippen molar-refractivity contribution in [1.29, 1.82) is 0 Å². The van der Waals surface area contributed by atoms with Crippen molar-refractivity contribution in [3.8, 4) is 0 Å². The molecule has 2 amide bonds. The van der Waals surface area contributed by atoms with Crippen LogP contribution in [0.25, 0.3) is 6.08 Å². The molecule has 2 aromatic rings. The van der Waals surface area contributed by atoms with Crippen molar-refractivity contribution in [2.75, 3.05) is 11.4 Å². The second kappa shape index (κ2) is 11.0. The van der Waals surface area contributed by atoms with E-state index in [1.807, 2.05) is 4.72 Å². The Morgan fingerprint density at radius 3 is 2.36 bits per heavy atom. The van der Waals surface area contributed by atoms with Gasteiger partial charge in [0, 0.05) is 12.2 Å². The third kappa shape index (κ3) is 7.31. The molecule has 0 spiro atoms. The Labute approximate surface area is 190 Å². The van der Waals surface area contributed by atoms with Crippen LogP contribution in [0.5, 0.6) is 0 Å². The van der Waals surface area contributed by atoms with Gasteiger partial charge in [0.25, 0.3) is 10.0 Å². The first-order valence-electron chi connectivity index (χ1n) is 9.88. The molecule has 1 atom stereocenters. The van der Waals surface area contributed by atoms with Gasteiger partial charge in [0.05, 0.1) is 11.0 Å². The highest BCUT2D eigenvalue weighted by Crippen LogP contribution is 2.32. The molecule has 1 N–H and O–H groups in total. The number of rotatable bonds is 9. The quantitative estimate of drug-likeness (QED) is 0.427. The Bertz CT molecular complexity index is 1130. The van der Waals surface area contributed by atoms with Gasteiger partial charge in [-0.05, 0) is 43.2 Å². The lowest BCUT2D eigenvalue weighted by Gasteiger charge is -2.26. The SMILES string of the molecule is C=CCC(C(=O)NS(=O)(=O)C=Cc1ccccc1)C(=O)N(CC)c1cccc(C(F)(F)F)c1. The molecule has 0 aliphatic carbocycles. The van der Waals surface area contributed by atoms with Gasteiger partial charge < -0.3 is 4.90 Å². The average Bonchev–Trinajstić information content (AvgIpc) is 2.76. The van der Waals surface area contributed by atoms with Crippen LogP contribution in [0.3, 0.4) is 0 Å². The van der Waals surface area contributed by atoms with E-state index in [4.69, 9.17) is 0 Å². The molecule has 176 valence electrons. The van der Waals surface area contributed by atoms with Crippen molar-refractivity contribution >= 4 is 33.6 Å². The van der Waals surface area contributed by atoms with Gasteiger partial charge in [-0.1, -0.05) is 42.5 Å². The Hall–Kier alpha value is -3.40. The van der Waals surface area contributed by atoms with Gasteiger partial charge in [0.1, 0.15) is 5.92 Å². The molecule has 10 heteroatoms. The van der Waals surface area contributed by atoms with Crippen LogP contribution in [0.2, 0.25) is 0 Å². The monoisotopic (exact) mass is 480 g/mol. The molecule has 0 radical (unpaired) electrons. The van der Waals surface area contributed by atoms with Crippen LogP contribution in [0, 0.1) is 5.92 Å². The summed E-state index contributed by atoms with van der Waals surface area (Å²) in [6, 6.07) is 12.6. The number of anilines is 1. The van der Waals surface area contributed by atoms with Crippen molar-refractivity contribution in [3.63, 3.8) is 0 Å². The zero-order chi connectivity index (χ0) is 24.6. The number of nitrogens with one attached hydrogen (secondary N) is 1. The fourth-order valence-electron chi connectivity index (χ4n) is 2.97. The highest BCUT2D eigenvalue weighted by Gasteiger charge is 2.34. The van der Waals surface area contributed by atoms with Gasteiger partial charge >= 0.3 is 6.18 Å². The van der Waals surface area contributed by atoms with E-state index in [2.05, 4.69) is 6.58 Å². The Kier molecular flexibility index (Phi) is 8.58. The van der Waals surface area contributed by atoms with E-state index in [0.29, 0.717) is 5.56 Å². The number of carbonyl (C=O) groups excluding carboxylic acids is 2. The second-order valence-electron chi connectivity index (χ2n) is 6.93. The second-order valence-corrected chi connectivity index (χ2v) is 8.50. The topological polar surface area (TPSA) is 83.5 Å². The Balaban J connectivity index is 2.26. The molecule has 2 aromatic carbocycles. The minimum atomic E-state index is -4.62. The maximum absolute atomic E-state index is 13.1. The van der Waals surface area contributed by atoms with Crippen molar-refractivity contribution in [3.05, 3.63) is 83.8 Å². The van der Waals surface area contributed by atoms with Crippen molar-refractivity contribution in [1.82, 2.24) is 4.72 Å².